The predicted molar refractivity (Wildman–Crippen MR) is 112 cm³/mol. The maximum Gasteiger partial charge on any atom is 0.271 e. The van der Waals surface area contributed by atoms with Gasteiger partial charge < -0.3 is 4.90 Å². The SMILES string of the molecule is Cc1nc(-c2csc(S(=O)(=O)Nc3ccc(F)cc3F)c2)sc1C(=O)N1CCCC1. The molecule has 1 aromatic carbocycles. The Bertz CT molecular complexity index is 1210. The summed E-state index contributed by atoms with van der Waals surface area (Å²) < 4.78 is 54.1. The molecule has 0 bridgehead atoms. The van der Waals surface area contributed by atoms with Crippen molar-refractivity contribution < 1.29 is 22.0 Å². The molecule has 1 fully saturated rings. The van der Waals surface area contributed by atoms with Crippen molar-refractivity contribution in [3.05, 3.63) is 51.9 Å². The highest BCUT2D eigenvalue weighted by atomic mass is 32.2. The molecule has 0 atom stereocenters. The van der Waals surface area contributed by atoms with E-state index in [2.05, 4.69) is 9.71 Å². The third kappa shape index (κ3) is 4.09. The van der Waals surface area contributed by atoms with Crippen LogP contribution in [0.1, 0.15) is 28.2 Å². The number of nitrogens with zero attached hydrogens (tertiary/aromatic N) is 2. The standard InChI is InChI=1S/C19H17F2N3O3S3/c1-11-17(19(25)24-6-2-3-7-24)29-18(22-11)12-8-16(28-10-12)30(26,27)23-15-5-4-13(20)9-14(15)21/h4-5,8-10,23H,2-3,6-7H2,1H3. The Labute approximate surface area is 180 Å². The lowest BCUT2D eigenvalue weighted by Gasteiger charge is -2.13. The number of likely N-dealkylation sites (tertiary alicyclic amines) is 1. The largest absolute Gasteiger partial charge is 0.338 e. The van der Waals surface area contributed by atoms with Gasteiger partial charge in [0.1, 0.15) is 25.7 Å². The number of aryl methyl sites for hydroxylation is 1. The second-order valence-corrected chi connectivity index (χ2v) is 10.6. The van der Waals surface area contributed by atoms with E-state index < -0.39 is 21.7 Å². The molecule has 1 aliphatic rings. The maximum atomic E-state index is 13.8. The van der Waals surface area contributed by atoms with Gasteiger partial charge in [-0.2, -0.15) is 0 Å². The average Bonchev–Trinajstić information content (AvgIpc) is 3.43. The molecule has 0 saturated carbocycles. The van der Waals surface area contributed by atoms with Crippen molar-refractivity contribution in [2.75, 3.05) is 17.8 Å². The number of hydrogen-bond acceptors (Lipinski definition) is 6. The number of hydrogen-bond donors (Lipinski definition) is 1. The molecule has 4 rings (SSSR count). The number of sulfonamides is 1. The van der Waals surface area contributed by atoms with Crippen molar-refractivity contribution in [3.8, 4) is 10.6 Å². The smallest absolute Gasteiger partial charge is 0.271 e. The van der Waals surface area contributed by atoms with E-state index >= 15 is 0 Å². The third-order valence-corrected chi connectivity index (χ3v) is 8.65. The molecule has 11 heteroatoms. The summed E-state index contributed by atoms with van der Waals surface area (Å²) in [5.41, 5.74) is 0.831. The Kier molecular flexibility index (Phi) is 5.60. The quantitative estimate of drug-likeness (QED) is 0.597. The molecule has 6 nitrogen and oxygen atoms in total. The van der Waals surface area contributed by atoms with Gasteiger partial charge in [-0.05, 0) is 38.0 Å². The zero-order valence-electron chi connectivity index (χ0n) is 15.8. The molecule has 0 spiro atoms. The van der Waals surface area contributed by atoms with Crippen molar-refractivity contribution in [1.82, 2.24) is 9.88 Å². The molecule has 1 N–H and O–H groups in total. The summed E-state index contributed by atoms with van der Waals surface area (Å²) in [5.74, 6) is -1.85. The molecule has 1 amide bonds. The van der Waals surface area contributed by atoms with E-state index in [4.69, 9.17) is 0 Å². The Morgan fingerprint density at radius 3 is 2.63 bits per heavy atom. The summed E-state index contributed by atoms with van der Waals surface area (Å²) in [5, 5.41) is 2.17. The molecule has 0 unspecified atom stereocenters. The van der Waals surface area contributed by atoms with Crippen molar-refractivity contribution >= 4 is 44.3 Å². The minimum absolute atomic E-state index is 0.0403. The fourth-order valence-electron chi connectivity index (χ4n) is 3.12. The van der Waals surface area contributed by atoms with Crippen LogP contribution in [0.4, 0.5) is 14.5 Å². The highest BCUT2D eigenvalue weighted by Gasteiger charge is 2.25. The monoisotopic (exact) mass is 469 g/mol. The Hall–Kier alpha value is -2.37. The fraction of sp³-hybridized carbons (Fsp3) is 0.263. The van der Waals surface area contributed by atoms with Gasteiger partial charge in [0.2, 0.25) is 0 Å². The lowest BCUT2D eigenvalue weighted by Crippen LogP contribution is -2.27. The van der Waals surface area contributed by atoms with Crippen LogP contribution in [0.15, 0.2) is 33.9 Å². The summed E-state index contributed by atoms with van der Waals surface area (Å²) in [6.07, 6.45) is 1.98. The number of carbonyl (C=O) groups is 1. The number of amides is 1. The summed E-state index contributed by atoms with van der Waals surface area (Å²) in [6, 6.07) is 4.03. The first kappa shape index (κ1) is 20.9. The number of carbonyl (C=O) groups excluding carboxylic acids is 1. The first-order valence-corrected chi connectivity index (χ1v) is 12.3. The minimum Gasteiger partial charge on any atom is -0.338 e. The number of thiazole rings is 1. The van der Waals surface area contributed by atoms with E-state index in [-0.39, 0.29) is 15.8 Å². The molecule has 158 valence electrons. The number of benzene rings is 1. The molecule has 1 saturated heterocycles. The molecule has 1 aliphatic heterocycles. The van der Waals surface area contributed by atoms with Crippen LogP contribution in [0.3, 0.4) is 0 Å². The Morgan fingerprint density at radius 2 is 1.93 bits per heavy atom. The van der Waals surface area contributed by atoms with Crippen molar-refractivity contribution in [1.29, 1.82) is 0 Å². The average molecular weight is 470 g/mol. The second-order valence-electron chi connectivity index (χ2n) is 6.82. The summed E-state index contributed by atoms with van der Waals surface area (Å²) in [4.78, 5) is 19.5. The number of rotatable bonds is 5. The van der Waals surface area contributed by atoms with Gasteiger partial charge in [0.25, 0.3) is 15.9 Å². The molecule has 3 heterocycles. The van der Waals surface area contributed by atoms with Crippen LogP contribution in [0.2, 0.25) is 0 Å². The lowest BCUT2D eigenvalue weighted by molar-refractivity contribution is 0.0796. The van der Waals surface area contributed by atoms with Crippen LogP contribution >= 0.6 is 22.7 Å². The van der Waals surface area contributed by atoms with E-state index in [9.17, 15) is 22.0 Å². The van der Waals surface area contributed by atoms with Crippen LogP contribution in [0.25, 0.3) is 10.6 Å². The highest BCUT2D eigenvalue weighted by molar-refractivity contribution is 7.94. The lowest BCUT2D eigenvalue weighted by atomic mass is 10.3. The predicted octanol–water partition coefficient (Wildman–Crippen LogP) is 4.50. The topological polar surface area (TPSA) is 79.4 Å². The normalized spacial score (nSPS) is 14.3. The zero-order valence-corrected chi connectivity index (χ0v) is 18.3. The third-order valence-electron chi connectivity index (χ3n) is 4.65. The van der Waals surface area contributed by atoms with Gasteiger partial charge in [-0.3, -0.25) is 9.52 Å². The van der Waals surface area contributed by atoms with Gasteiger partial charge in [0.15, 0.2) is 0 Å². The van der Waals surface area contributed by atoms with Crippen LogP contribution in [-0.2, 0) is 10.0 Å². The highest BCUT2D eigenvalue weighted by Crippen LogP contribution is 2.34. The van der Waals surface area contributed by atoms with E-state index in [1.807, 2.05) is 0 Å². The van der Waals surface area contributed by atoms with Crippen LogP contribution in [0, 0.1) is 18.6 Å². The zero-order chi connectivity index (χ0) is 21.5. The Morgan fingerprint density at radius 1 is 1.20 bits per heavy atom. The van der Waals surface area contributed by atoms with Gasteiger partial charge in [0.05, 0.1) is 11.4 Å². The molecular weight excluding hydrogens is 452 g/mol. The molecule has 2 aromatic heterocycles. The number of halogens is 2. The molecule has 30 heavy (non-hydrogen) atoms. The molecule has 0 radical (unpaired) electrons. The van der Waals surface area contributed by atoms with Crippen LogP contribution in [0.5, 0.6) is 0 Å². The number of aromatic nitrogens is 1. The first-order valence-electron chi connectivity index (χ1n) is 9.08. The first-order chi connectivity index (χ1) is 14.2. The van der Waals surface area contributed by atoms with Crippen molar-refractivity contribution in [3.63, 3.8) is 0 Å². The van der Waals surface area contributed by atoms with Gasteiger partial charge in [-0.1, -0.05) is 0 Å². The summed E-state index contributed by atoms with van der Waals surface area (Å²) in [6.45, 7) is 3.22. The molecular formula is C19H17F2N3O3S3. The van der Waals surface area contributed by atoms with Crippen LogP contribution in [-0.4, -0.2) is 37.3 Å². The van der Waals surface area contributed by atoms with Gasteiger partial charge in [-0.15, -0.1) is 22.7 Å². The van der Waals surface area contributed by atoms with E-state index in [1.165, 1.54) is 17.4 Å². The van der Waals surface area contributed by atoms with Crippen molar-refractivity contribution in [2.24, 2.45) is 0 Å². The van der Waals surface area contributed by atoms with Gasteiger partial charge in [0, 0.05) is 30.1 Å². The number of nitrogens with one attached hydrogen (secondary N) is 1. The second kappa shape index (κ2) is 8.05. The van der Waals surface area contributed by atoms with E-state index in [0.29, 0.717) is 27.2 Å². The van der Waals surface area contributed by atoms with E-state index in [0.717, 1.165) is 49.4 Å². The fourth-order valence-corrected chi connectivity index (χ4v) is 6.45. The van der Waals surface area contributed by atoms with Crippen molar-refractivity contribution in [2.45, 2.75) is 24.0 Å². The Balaban J connectivity index is 1.58. The van der Waals surface area contributed by atoms with Crippen LogP contribution < -0.4 is 4.72 Å². The molecule has 0 aliphatic carbocycles. The van der Waals surface area contributed by atoms with Gasteiger partial charge in [-0.25, -0.2) is 22.2 Å². The van der Waals surface area contributed by atoms with Gasteiger partial charge >= 0.3 is 0 Å². The maximum absolute atomic E-state index is 13.8. The van der Waals surface area contributed by atoms with E-state index in [1.54, 1.807) is 17.2 Å². The minimum atomic E-state index is -4.06. The molecule has 3 aromatic rings. The summed E-state index contributed by atoms with van der Waals surface area (Å²) >= 11 is 2.18. The summed E-state index contributed by atoms with van der Waals surface area (Å²) in [7, 11) is -4.06. The number of thiophene rings is 1. The number of anilines is 1.